The number of likely N-dealkylation sites (tertiary alicyclic amines) is 1. The van der Waals surface area contributed by atoms with Gasteiger partial charge in [-0.25, -0.2) is 0 Å². The second-order valence-electron chi connectivity index (χ2n) is 6.33. The van der Waals surface area contributed by atoms with Gasteiger partial charge < -0.3 is 10.0 Å². The molecule has 2 atom stereocenters. The topological polar surface area (TPSA) is 40.5 Å². The van der Waals surface area contributed by atoms with Crippen LogP contribution in [0.15, 0.2) is 0 Å². The Morgan fingerprint density at radius 2 is 2.06 bits per heavy atom. The summed E-state index contributed by atoms with van der Waals surface area (Å²) in [5, 5.41) is 9.86. The summed E-state index contributed by atoms with van der Waals surface area (Å²) in [7, 11) is 0. The van der Waals surface area contributed by atoms with Crippen LogP contribution in [0.1, 0.15) is 58.8 Å². The third-order valence-corrected chi connectivity index (χ3v) is 4.51. The lowest BCUT2D eigenvalue weighted by atomic mass is 9.71. The lowest BCUT2D eigenvalue weighted by Crippen LogP contribution is -2.52. The largest absolute Gasteiger partial charge is 0.393 e. The molecule has 1 N–H and O–H groups in total. The van der Waals surface area contributed by atoms with Gasteiger partial charge in [-0.05, 0) is 37.5 Å². The Hall–Kier alpha value is -0.570. The van der Waals surface area contributed by atoms with Crippen molar-refractivity contribution in [2.75, 3.05) is 6.54 Å². The predicted octanol–water partition coefficient (Wildman–Crippen LogP) is 2.33. The van der Waals surface area contributed by atoms with E-state index in [2.05, 4.69) is 18.7 Å². The minimum absolute atomic E-state index is 0.152. The molecular weight excluding hydrogens is 214 g/mol. The standard InChI is InChI=1S/C14H25NO2/c1-14(2)8-7-11(16)10-12(14)15-9-5-3-4-6-13(15)17/h11-12,16H,3-10H2,1-2H3. The summed E-state index contributed by atoms with van der Waals surface area (Å²) >= 11 is 0. The number of hydrogen-bond acceptors (Lipinski definition) is 2. The van der Waals surface area contributed by atoms with Crippen molar-refractivity contribution in [3.05, 3.63) is 0 Å². The number of amides is 1. The second kappa shape index (κ2) is 4.97. The van der Waals surface area contributed by atoms with Gasteiger partial charge in [0.25, 0.3) is 0 Å². The molecule has 1 saturated heterocycles. The molecule has 0 radical (unpaired) electrons. The van der Waals surface area contributed by atoms with Gasteiger partial charge in [0.1, 0.15) is 0 Å². The van der Waals surface area contributed by atoms with Crippen LogP contribution in [0.5, 0.6) is 0 Å². The van der Waals surface area contributed by atoms with Crippen molar-refractivity contribution < 1.29 is 9.90 Å². The summed E-state index contributed by atoms with van der Waals surface area (Å²) in [6, 6.07) is 0.233. The Labute approximate surface area is 104 Å². The van der Waals surface area contributed by atoms with Crippen LogP contribution in [0.25, 0.3) is 0 Å². The number of rotatable bonds is 1. The Bertz CT molecular complexity index is 288. The van der Waals surface area contributed by atoms with Crippen molar-refractivity contribution in [3.63, 3.8) is 0 Å². The van der Waals surface area contributed by atoms with E-state index in [0.717, 1.165) is 45.1 Å². The van der Waals surface area contributed by atoms with Crippen LogP contribution in [0, 0.1) is 5.41 Å². The van der Waals surface area contributed by atoms with Crippen molar-refractivity contribution in [2.45, 2.75) is 70.9 Å². The first kappa shape index (κ1) is 12.9. The molecule has 98 valence electrons. The number of carbonyl (C=O) groups excluding carboxylic acids is 1. The van der Waals surface area contributed by atoms with Crippen LogP contribution < -0.4 is 0 Å². The highest BCUT2D eigenvalue weighted by molar-refractivity contribution is 5.76. The number of aliphatic hydroxyl groups is 1. The van der Waals surface area contributed by atoms with E-state index < -0.39 is 0 Å². The normalized spacial score (nSPS) is 34.5. The number of aliphatic hydroxyl groups excluding tert-OH is 1. The van der Waals surface area contributed by atoms with E-state index in [-0.39, 0.29) is 17.6 Å². The quantitative estimate of drug-likeness (QED) is 0.763. The molecule has 3 nitrogen and oxygen atoms in total. The minimum atomic E-state index is -0.218. The molecule has 1 aliphatic heterocycles. The van der Waals surface area contributed by atoms with Gasteiger partial charge in [-0.2, -0.15) is 0 Å². The maximum absolute atomic E-state index is 12.2. The molecule has 3 heteroatoms. The van der Waals surface area contributed by atoms with Crippen molar-refractivity contribution >= 4 is 5.91 Å². The van der Waals surface area contributed by atoms with Crippen LogP contribution in [0.4, 0.5) is 0 Å². The third kappa shape index (κ3) is 2.82. The molecule has 2 aliphatic rings. The van der Waals surface area contributed by atoms with Crippen LogP contribution in [0.3, 0.4) is 0 Å². The number of hydrogen-bond donors (Lipinski definition) is 1. The molecule has 0 spiro atoms. The van der Waals surface area contributed by atoms with E-state index in [0.29, 0.717) is 12.3 Å². The minimum Gasteiger partial charge on any atom is -0.393 e. The SMILES string of the molecule is CC1(C)CCC(O)CC1N1CCCCCC1=O. The van der Waals surface area contributed by atoms with Crippen LogP contribution in [-0.4, -0.2) is 34.6 Å². The molecule has 0 aromatic rings. The van der Waals surface area contributed by atoms with Gasteiger partial charge in [-0.3, -0.25) is 4.79 Å². The molecular formula is C14H25NO2. The van der Waals surface area contributed by atoms with E-state index in [9.17, 15) is 9.90 Å². The summed E-state index contributed by atoms with van der Waals surface area (Å²) in [5.74, 6) is 0.301. The van der Waals surface area contributed by atoms with E-state index in [1.807, 2.05) is 0 Å². The van der Waals surface area contributed by atoms with Crippen molar-refractivity contribution in [2.24, 2.45) is 5.41 Å². The van der Waals surface area contributed by atoms with E-state index in [4.69, 9.17) is 0 Å². The molecule has 1 aliphatic carbocycles. The maximum Gasteiger partial charge on any atom is 0.222 e. The van der Waals surface area contributed by atoms with Gasteiger partial charge in [0.2, 0.25) is 5.91 Å². The molecule has 0 aromatic heterocycles. The average Bonchev–Trinajstić information content (AvgIpc) is 2.47. The average molecular weight is 239 g/mol. The van der Waals surface area contributed by atoms with E-state index in [1.54, 1.807) is 0 Å². The van der Waals surface area contributed by atoms with E-state index in [1.165, 1.54) is 0 Å². The molecule has 0 bridgehead atoms. The van der Waals surface area contributed by atoms with Crippen molar-refractivity contribution in [1.29, 1.82) is 0 Å². The fourth-order valence-corrected chi connectivity index (χ4v) is 3.28. The molecule has 2 fully saturated rings. The van der Waals surface area contributed by atoms with Crippen LogP contribution in [-0.2, 0) is 4.79 Å². The summed E-state index contributed by atoms with van der Waals surface area (Å²) in [6.07, 6.45) is 6.46. The highest BCUT2D eigenvalue weighted by Crippen LogP contribution is 2.39. The maximum atomic E-state index is 12.2. The Morgan fingerprint density at radius 3 is 2.82 bits per heavy atom. The molecule has 1 saturated carbocycles. The molecule has 17 heavy (non-hydrogen) atoms. The van der Waals surface area contributed by atoms with Gasteiger partial charge >= 0.3 is 0 Å². The monoisotopic (exact) mass is 239 g/mol. The lowest BCUT2D eigenvalue weighted by Gasteiger charge is -2.46. The summed E-state index contributed by atoms with van der Waals surface area (Å²) in [4.78, 5) is 14.2. The number of carbonyl (C=O) groups is 1. The second-order valence-corrected chi connectivity index (χ2v) is 6.33. The van der Waals surface area contributed by atoms with Gasteiger partial charge in [-0.15, -0.1) is 0 Å². The zero-order valence-corrected chi connectivity index (χ0v) is 11.1. The number of nitrogens with zero attached hydrogens (tertiary/aromatic N) is 1. The fourth-order valence-electron chi connectivity index (χ4n) is 3.28. The van der Waals surface area contributed by atoms with Crippen molar-refractivity contribution in [1.82, 2.24) is 4.90 Å². The summed E-state index contributed by atoms with van der Waals surface area (Å²) in [5.41, 5.74) is 0.152. The Kier molecular flexibility index (Phi) is 3.76. The predicted molar refractivity (Wildman–Crippen MR) is 67.6 cm³/mol. The Morgan fingerprint density at radius 1 is 1.29 bits per heavy atom. The molecule has 2 rings (SSSR count). The van der Waals surface area contributed by atoms with Gasteiger partial charge in [-0.1, -0.05) is 20.3 Å². The third-order valence-electron chi connectivity index (χ3n) is 4.51. The molecule has 1 heterocycles. The Balaban J connectivity index is 2.14. The summed E-state index contributed by atoms with van der Waals surface area (Å²) in [6.45, 7) is 5.36. The molecule has 1 amide bonds. The van der Waals surface area contributed by atoms with Gasteiger partial charge in [0.05, 0.1) is 6.10 Å². The van der Waals surface area contributed by atoms with E-state index >= 15 is 0 Å². The summed E-state index contributed by atoms with van der Waals surface area (Å²) < 4.78 is 0. The lowest BCUT2D eigenvalue weighted by molar-refractivity contribution is -0.138. The molecule has 2 unspecified atom stereocenters. The van der Waals surface area contributed by atoms with Gasteiger partial charge in [0.15, 0.2) is 0 Å². The smallest absolute Gasteiger partial charge is 0.222 e. The zero-order valence-electron chi connectivity index (χ0n) is 11.1. The fraction of sp³-hybridized carbons (Fsp3) is 0.929. The first-order valence-corrected chi connectivity index (χ1v) is 6.98. The highest BCUT2D eigenvalue weighted by atomic mass is 16.3. The van der Waals surface area contributed by atoms with Crippen LogP contribution in [0.2, 0.25) is 0 Å². The van der Waals surface area contributed by atoms with Crippen LogP contribution >= 0.6 is 0 Å². The van der Waals surface area contributed by atoms with Gasteiger partial charge in [0, 0.05) is 19.0 Å². The zero-order chi connectivity index (χ0) is 12.5. The molecule has 0 aromatic carbocycles. The highest BCUT2D eigenvalue weighted by Gasteiger charge is 2.41. The first-order valence-electron chi connectivity index (χ1n) is 6.98. The van der Waals surface area contributed by atoms with Crippen molar-refractivity contribution in [3.8, 4) is 0 Å². The first-order chi connectivity index (χ1) is 8.00.